The third kappa shape index (κ3) is 18.1. The maximum atomic E-state index is 2.31. The molecule has 0 aliphatic heterocycles. The summed E-state index contributed by atoms with van der Waals surface area (Å²) in [5.41, 5.74) is 0. The van der Waals surface area contributed by atoms with Crippen LogP contribution in [0.3, 0.4) is 0 Å². The average Bonchev–Trinajstić information content (AvgIpc) is 2.54. The van der Waals surface area contributed by atoms with E-state index in [1.165, 1.54) is 116 Å². The van der Waals surface area contributed by atoms with Gasteiger partial charge in [-0.1, -0.05) is 130 Å². The van der Waals surface area contributed by atoms with Crippen molar-refractivity contribution >= 4 is 0 Å². The Morgan fingerprint density at radius 1 is 0.455 bits per heavy atom. The average molecular weight is 310 g/mol. The minimum Gasteiger partial charge on any atom is -0.0654 e. The van der Waals surface area contributed by atoms with Gasteiger partial charge in [0.1, 0.15) is 0 Å². The predicted molar refractivity (Wildman–Crippen MR) is 103 cm³/mol. The molecule has 0 heterocycles. The molecule has 0 atom stereocenters. The fourth-order valence-electron chi connectivity index (χ4n) is 3.15. The van der Waals surface area contributed by atoms with Gasteiger partial charge in [0.15, 0.2) is 0 Å². The SMILES string of the molecule is CCCCCCCCCCCCCCCCCC[C](C)CC. The van der Waals surface area contributed by atoms with Gasteiger partial charge in [-0.2, -0.15) is 0 Å². The second-order valence-electron chi connectivity index (χ2n) is 7.36. The molecule has 1 radical (unpaired) electrons. The quantitative estimate of drug-likeness (QED) is 0.222. The van der Waals surface area contributed by atoms with Gasteiger partial charge >= 0.3 is 0 Å². The Morgan fingerprint density at radius 2 is 0.773 bits per heavy atom. The number of hydrogen-bond acceptors (Lipinski definition) is 0. The zero-order valence-electron chi connectivity index (χ0n) is 16.2. The van der Waals surface area contributed by atoms with Crippen LogP contribution in [0.4, 0.5) is 0 Å². The van der Waals surface area contributed by atoms with Crippen LogP contribution in [0.5, 0.6) is 0 Å². The van der Waals surface area contributed by atoms with Gasteiger partial charge in [-0.3, -0.25) is 0 Å². The molecule has 133 valence electrons. The summed E-state index contributed by atoms with van der Waals surface area (Å²) in [6.07, 6.45) is 26.1. The van der Waals surface area contributed by atoms with E-state index in [1.54, 1.807) is 5.92 Å². The molecule has 0 saturated heterocycles. The van der Waals surface area contributed by atoms with E-state index in [1.807, 2.05) is 0 Å². The lowest BCUT2D eigenvalue weighted by atomic mass is 9.99. The molecule has 0 nitrogen and oxygen atoms in total. The van der Waals surface area contributed by atoms with Crippen LogP contribution < -0.4 is 0 Å². The Bertz CT molecular complexity index is 184. The zero-order chi connectivity index (χ0) is 16.3. The fraction of sp³-hybridized carbons (Fsp3) is 0.955. The fourth-order valence-corrected chi connectivity index (χ4v) is 3.15. The van der Waals surface area contributed by atoms with E-state index in [4.69, 9.17) is 0 Å². The maximum Gasteiger partial charge on any atom is -0.0275 e. The summed E-state index contributed by atoms with van der Waals surface area (Å²) in [6.45, 7) is 6.89. The van der Waals surface area contributed by atoms with Gasteiger partial charge in [0.2, 0.25) is 0 Å². The molecule has 0 heteroatoms. The molecule has 0 spiro atoms. The molecule has 0 saturated carbocycles. The highest BCUT2D eigenvalue weighted by molar-refractivity contribution is 4.80. The minimum absolute atomic E-state index is 1.28. The normalized spacial score (nSPS) is 11.5. The van der Waals surface area contributed by atoms with Crippen molar-refractivity contribution in [3.8, 4) is 0 Å². The van der Waals surface area contributed by atoms with Crippen LogP contribution in [-0.2, 0) is 0 Å². The van der Waals surface area contributed by atoms with Crippen LogP contribution in [0.15, 0.2) is 0 Å². The molecule has 0 aromatic carbocycles. The van der Waals surface area contributed by atoms with Gasteiger partial charge in [0.25, 0.3) is 0 Å². The second kappa shape index (κ2) is 19.0. The third-order valence-electron chi connectivity index (χ3n) is 5.06. The van der Waals surface area contributed by atoms with E-state index in [0.29, 0.717) is 0 Å². The molecule has 22 heavy (non-hydrogen) atoms. The van der Waals surface area contributed by atoms with Crippen molar-refractivity contribution in [3.63, 3.8) is 0 Å². The Balaban J connectivity index is 2.97. The Kier molecular flexibility index (Phi) is 19.0. The van der Waals surface area contributed by atoms with Gasteiger partial charge in [0.05, 0.1) is 0 Å². The van der Waals surface area contributed by atoms with Gasteiger partial charge < -0.3 is 0 Å². The summed E-state index contributed by atoms with van der Waals surface area (Å²) >= 11 is 0. The monoisotopic (exact) mass is 309 g/mol. The molecule has 0 unspecified atom stereocenters. The molecule has 0 N–H and O–H groups in total. The summed E-state index contributed by atoms with van der Waals surface area (Å²) < 4.78 is 0. The number of hydrogen-bond donors (Lipinski definition) is 0. The van der Waals surface area contributed by atoms with Crippen molar-refractivity contribution in [1.29, 1.82) is 0 Å². The highest BCUT2D eigenvalue weighted by Crippen LogP contribution is 2.17. The summed E-state index contributed by atoms with van der Waals surface area (Å²) in [4.78, 5) is 0. The lowest BCUT2D eigenvalue weighted by molar-refractivity contribution is 0.527. The summed E-state index contributed by atoms with van der Waals surface area (Å²) in [7, 11) is 0. The highest BCUT2D eigenvalue weighted by Gasteiger charge is 1.98. The first-order chi connectivity index (χ1) is 10.8. The molecule has 0 rings (SSSR count). The van der Waals surface area contributed by atoms with Crippen molar-refractivity contribution in [2.75, 3.05) is 0 Å². The van der Waals surface area contributed by atoms with E-state index in [2.05, 4.69) is 20.8 Å². The lowest BCUT2D eigenvalue weighted by Gasteiger charge is -2.07. The van der Waals surface area contributed by atoms with Crippen molar-refractivity contribution in [2.24, 2.45) is 0 Å². The van der Waals surface area contributed by atoms with Crippen LogP contribution in [0.2, 0.25) is 0 Å². The van der Waals surface area contributed by atoms with Crippen molar-refractivity contribution < 1.29 is 0 Å². The summed E-state index contributed by atoms with van der Waals surface area (Å²) in [5, 5.41) is 0. The van der Waals surface area contributed by atoms with Crippen molar-refractivity contribution in [3.05, 3.63) is 5.92 Å². The Hall–Kier alpha value is 0. The van der Waals surface area contributed by atoms with E-state index >= 15 is 0 Å². The van der Waals surface area contributed by atoms with E-state index < -0.39 is 0 Å². The molecule has 0 aromatic heterocycles. The topological polar surface area (TPSA) is 0 Å². The van der Waals surface area contributed by atoms with Gasteiger partial charge in [0, 0.05) is 0 Å². The van der Waals surface area contributed by atoms with Gasteiger partial charge in [-0.15, -0.1) is 0 Å². The predicted octanol–water partition coefficient (Wildman–Crippen LogP) is 8.64. The van der Waals surface area contributed by atoms with Gasteiger partial charge in [-0.25, -0.2) is 0 Å². The molecule has 0 aliphatic rings. The van der Waals surface area contributed by atoms with Crippen molar-refractivity contribution in [1.82, 2.24) is 0 Å². The van der Waals surface area contributed by atoms with Crippen LogP contribution in [0.25, 0.3) is 0 Å². The van der Waals surface area contributed by atoms with Gasteiger partial charge in [-0.05, 0) is 12.3 Å². The number of unbranched alkanes of at least 4 members (excludes halogenated alkanes) is 15. The maximum absolute atomic E-state index is 2.31. The zero-order valence-corrected chi connectivity index (χ0v) is 16.2. The van der Waals surface area contributed by atoms with E-state index in [9.17, 15) is 0 Å². The molecule has 0 aliphatic carbocycles. The molecular weight excluding hydrogens is 264 g/mol. The molecular formula is C22H45. The minimum atomic E-state index is 1.28. The molecule has 0 fully saturated rings. The highest BCUT2D eigenvalue weighted by atomic mass is 14.0. The van der Waals surface area contributed by atoms with E-state index in [0.717, 1.165) is 0 Å². The first-order valence-corrected chi connectivity index (χ1v) is 10.6. The van der Waals surface area contributed by atoms with E-state index in [-0.39, 0.29) is 0 Å². The summed E-state index contributed by atoms with van der Waals surface area (Å²) in [6, 6.07) is 0. The van der Waals surface area contributed by atoms with Crippen molar-refractivity contribution in [2.45, 2.75) is 136 Å². The van der Waals surface area contributed by atoms with Crippen LogP contribution in [0.1, 0.15) is 136 Å². The first-order valence-electron chi connectivity index (χ1n) is 10.6. The largest absolute Gasteiger partial charge is 0.0654 e. The summed E-state index contributed by atoms with van der Waals surface area (Å²) in [5.74, 6) is 1.69. The first kappa shape index (κ1) is 22.0. The third-order valence-corrected chi connectivity index (χ3v) is 5.06. The molecule has 0 amide bonds. The Morgan fingerprint density at radius 3 is 1.09 bits per heavy atom. The smallest absolute Gasteiger partial charge is 0.0275 e. The lowest BCUT2D eigenvalue weighted by Crippen LogP contribution is -1.89. The number of rotatable bonds is 18. The second-order valence-corrected chi connectivity index (χ2v) is 7.36. The molecule has 0 bridgehead atoms. The standard InChI is InChI=1S/C22H45/c1-4-6-7-8-9-10-11-12-13-14-15-16-17-18-19-20-21-22(3)5-2/h4-21H2,1-3H3. The molecule has 0 aromatic rings. The van der Waals surface area contributed by atoms with Crippen LogP contribution in [-0.4, -0.2) is 0 Å². The van der Waals surface area contributed by atoms with Crippen LogP contribution >= 0.6 is 0 Å². The Labute approximate surface area is 142 Å². The van der Waals surface area contributed by atoms with Crippen LogP contribution in [0, 0.1) is 5.92 Å².